The Kier molecular flexibility index (Phi) is 4.45. The summed E-state index contributed by atoms with van der Waals surface area (Å²) in [4.78, 5) is 0. The summed E-state index contributed by atoms with van der Waals surface area (Å²) in [6.45, 7) is 9.15. The van der Waals surface area contributed by atoms with Crippen molar-refractivity contribution in [3.63, 3.8) is 0 Å². The Balaban J connectivity index is 1.97. The quantitative estimate of drug-likeness (QED) is 0.506. The van der Waals surface area contributed by atoms with Crippen LogP contribution in [0.2, 0.25) is 0 Å². The van der Waals surface area contributed by atoms with Gasteiger partial charge in [0.25, 0.3) is 0 Å². The summed E-state index contributed by atoms with van der Waals surface area (Å²) in [7, 11) is 0. The van der Waals surface area contributed by atoms with Crippen LogP contribution in [0.5, 0.6) is 0 Å². The minimum absolute atomic E-state index is 0.700. The lowest BCUT2D eigenvalue weighted by molar-refractivity contribution is 0.647. The van der Waals surface area contributed by atoms with Gasteiger partial charge in [-0.15, -0.1) is 0 Å². The van der Waals surface area contributed by atoms with Crippen LogP contribution in [0.15, 0.2) is 34.8 Å². The molecule has 0 heterocycles. The summed E-state index contributed by atoms with van der Waals surface area (Å²) < 4.78 is 1.26. The van der Waals surface area contributed by atoms with E-state index in [1.54, 1.807) is 0 Å². The first-order valence-corrected chi connectivity index (χ1v) is 9.16. The molecule has 0 aliphatic heterocycles. The van der Waals surface area contributed by atoms with Gasteiger partial charge in [-0.05, 0) is 70.5 Å². The van der Waals surface area contributed by atoms with Gasteiger partial charge in [-0.1, -0.05) is 67.9 Å². The van der Waals surface area contributed by atoms with Crippen LogP contribution >= 0.6 is 15.9 Å². The summed E-state index contributed by atoms with van der Waals surface area (Å²) >= 11 is 3.82. The molecule has 0 saturated carbocycles. The van der Waals surface area contributed by atoms with E-state index in [0.717, 1.165) is 12.8 Å². The standard InChI is InChI=1S/C21H25Br/c1-13(2)7-15-5-6-19-17(9-15)12-18-10-16(8-14(3)4)11-20(22)21(18)19/h5-6,9-11,13-14H,7-8,12H2,1-4H3. The Bertz CT molecular complexity index is 695. The van der Waals surface area contributed by atoms with Gasteiger partial charge < -0.3 is 0 Å². The van der Waals surface area contributed by atoms with E-state index < -0.39 is 0 Å². The first-order chi connectivity index (χ1) is 10.4. The van der Waals surface area contributed by atoms with Gasteiger partial charge in [-0.25, -0.2) is 0 Å². The van der Waals surface area contributed by atoms with Crippen LogP contribution in [-0.4, -0.2) is 0 Å². The maximum absolute atomic E-state index is 3.82. The van der Waals surface area contributed by atoms with E-state index in [0.29, 0.717) is 11.8 Å². The Morgan fingerprint density at radius 2 is 1.50 bits per heavy atom. The first-order valence-electron chi connectivity index (χ1n) is 8.37. The predicted molar refractivity (Wildman–Crippen MR) is 99.5 cm³/mol. The second kappa shape index (κ2) is 6.20. The molecule has 1 heteroatoms. The van der Waals surface area contributed by atoms with Crippen LogP contribution < -0.4 is 0 Å². The van der Waals surface area contributed by atoms with Crippen LogP contribution in [-0.2, 0) is 19.3 Å². The molecular weight excluding hydrogens is 332 g/mol. The fourth-order valence-corrected chi connectivity index (χ4v) is 4.36. The molecule has 0 spiro atoms. The lowest BCUT2D eigenvalue weighted by atomic mass is 9.97. The molecule has 1 aliphatic rings. The van der Waals surface area contributed by atoms with E-state index in [2.05, 4.69) is 74.0 Å². The van der Waals surface area contributed by atoms with E-state index in [9.17, 15) is 0 Å². The Labute approximate surface area is 143 Å². The molecule has 0 radical (unpaired) electrons. The molecule has 2 aromatic rings. The highest BCUT2D eigenvalue weighted by atomic mass is 79.9. The minimum Gasteiger partial charge on any atom is -0.0625 e. The number of hydrogen-bond acceptors (Lipinski definition) is 0. The van der Waals surface area contributed by atoms with E-state index >= 15 is 0 Å². The van der Waals surface area contributed by atoms with Crippen molar-refractivity contribution >= 4 is 15.9 Å². The van der Waals surface area contributed by atoms with Crippen LogP contribution in [0.25, 0.3) is 11.1 Å². The summed E-state index contributed by atoms with van der Waals surface area (Å²) in [5, 5.41) is 0. The molecular formula is C21H25Br. The van der Waals surface area contributed by atoms with Crippen LogP contribution in [0.3, 0.4) is 0 Å². The Morgan fingerprint density at radius 3 is 2.18 bits per heavy atom. The summed E-state index contributed by atoms with van der Waals surface area (Å²) in [5.74, 6) is 1.41. The first kappa shape index (κ1) is 15.8. The van der Waals surface area contributed by atoms with E-state index in [1.807, 2.05) is 0 Å². The van der Waals surface area contributed by atoms with Gasteiger partial charge in [-0.3, -0.25) is 0 Å². The number of halogens is 1. The third-order valence-electron chi connectivity index (χ3n) is 4.34. The molecule has 0 amide bonds. The van der Waals surface area contributed by atoms with Crippen molar-refractivity contribution in [3.05, 3.63) is 57.1 Å². The highest BCUT2D eigenvalue weighted by Crippen LogP contribution is 2.42. The van der Waals surface area contributed by atoms with Crippen molar-refractivity contribution in [1.82, 2.24) is 0 Å². The second-order valence-electron chi connectivity index (χ2n) is 7.48. The van der Waals surface area contributed by atoms with Crippen LogP contribution in [0, 0.1) is 11.8 Å². The van der Waals surface area contributed by atoms with Crippen molar-refractivity contribution in [2.45, 2.75) is 47.0 Å². The molecule has 1 aliphatic carbocycles. The van der Waals surface area contributed by atoms with Gasteiger partial charge in [0.15, 0.2) is 0 Å². The highest BCUT2D eigenvalue weighted by Gasteiger charge is 2.22. The van der Waals surface area contributed by atoms with Crippen molar-refractivity contribution < 1.29 is 0 Å². The van der Waals surface area contributed by atoms with Crippen molar-refractivity contribution in [2.24, 2.45) is 11.8 Å². The van der Waals surface area contributed by atoms with Gasteiger partial charge in [0, 0.05) is 4.47 Å². The van der Waals surface area contributed by atoms with E-state index in [1.165, 1.54) is 44.3 Å². The second-order valence-corrected chi connectivity index (χ2v) is 8.33. The molecule has 0 atom stereocenters. The molecule has 0 fully saturated rings. The topological polar surface area (TPSA) is 0 Å². The molecule has 0 nitrogen and oxygen atoms in total. The average molecular weight is 357 g/mol. The lowest BCUT2D eigenvalue weighted by Gasteiger charge is -2.11. The molecule has 0 unspecified atom stereocenters. The van der Waals surface area contributed by atoms with Crippen molar-refractivity contribution in [3.8, 4) is 11.1 Å². The van der Waals surface area contributed by atoms with Gasteiger partial charge in [0.1, 0.15) is 0 Å². The molecule has 0 saturated heterocycles. The lowest BCUT2D eigenvalue weighted by Crippen LogP contribution is -1.95. The van der Waals surface area contributed by atoms with E-state index in [4.69, 9.17) is 0 Å². The maximum atomic E-state index is 3.82. The highest BCUT2D eigenvalue weighted by molar-refractivity contribution is 9.10. The number of rotatable bonds is 4. The zero-order chi connectivity index (χ0) is 15.9. The van der Waals surface area contributed by atoms with Gasteiger partial charge >= 0.3 is 0 Å². The predicted octanol–water partition coefficient (Wildman–Crippen LogP) is 6.42. The SMILES string of the molecule is CC(C)Cc1ccc2c(c1)Cc1cc(CC(C)C)cc(Br)c1-2. The zero-order valence-electron chi connectivity index (χ0n) is 14.0. The number of fused-ring (bicyclic) bond motifs is 3. The molecule has 116 valence electrons. The van der Waals surface area contributed by atoms with Crippen LogP contribution in [0.1, 0.15) is 49.9 Å². The normalized spacial score (nSPS) is 12.9. The Hall–Kier alpha value is -1.08. The third-order valence-corrected chi connectivity index (χ3v) is 4.96. The molecule has 2 aromatic carbocycles. The van der Waals surface area contributed by atoms with Crippen molar-refractivity contribution in [1.29, 1.82) is 0 Å². The van der Waals surface area contributed by atoms with Gasteiger partial charge in [0.2, 0.25) is 0 Å². The molecule has 0 N–H and O–H groups in total. The van der Waals surface area contributed by atoms with Gasteiger partial charge in [-0.2, -0.15) is 0 Å². The summed E-state index contributed by atoms with van der Waals surface area (Å²) in [5.41, 5.74) is 8.75. The molecule has 0 bridgehead atoms. The smallest absolute Gasteiger partial charge is 0.0259 e. The maximum Gasteiger partial charge on any atom is 0.0259 e. The summed E-state index contributed by atoms with van der Waals surface area (Å²) in [6.07, 6.45) is 3.41. The van der Waals surface area contributed by atoms with Gasteiger partial charge in [0.05, 0.1) is 0 Å². The van der Waals surface area contributed by atoms with E-state index in [-0.39, 0.29) is 0 Å². The largest absolute Gasteiger partial charge is 0.0625 e. The molecule has 3 rings (SSSR count). The fraction of sp³-hybridized carbons (Fsp3) is 0.429. The monoisotopic (exact) mass is 356 g/mol. The number of hydrogen-bond donors (Lipinski definition) is 0. The summed E-state index contributed by atoms with van der Waals surface area (Å²) in [6, 6.07) is 11.8. The Morgan fingerprint density at radius 1 is 0.864 bits per heavy atom. The molecule has 22 heavy (non-hydrogen) atoms. The molecule has 0 aromatic heterocycles. The number of benzene rings is 2. The van der Waals surface area contributed by atoms with Crippen LogP contribution in [0.4, 0.5) is 0 Å². The van der Waals surface area contributed by atoms with Crippen molar-refractivity contribution in [2.75, 3.05) is 0 Å². The third kappa shape index (κ3) is 3.15. The minimum atomic E-state index is 0.700. The average Bonchev–Trinajstić information content (AvgIpc) is 2.74. The fourth-order valence-electron chi connectivity index (χ4n) is 3.60. The zero-order valence-corrected chi connectivity index (χ0v) is 15.6.